The number of benzene rings is 1. The van der Waals surface area contributed by atoms with Crippen LogP contribution in [0.15, 0.2) is 46.8 Å². The minimum absolute atomic E-state index is 0.0169. The van der Waals surface area contributed by atoms with E-state index in [1.807, 2.05) is 17.5 Å². The number of carbonyl (C=O) groups is 8. The quantitative estimate of drug-likeness (QED) is 0.0813. The fourth-order valence-corrected chi connectivity index (χ4v) is 10.4. The third-order valence-electron chi connectivity index (χ3n) is 10.7. The average Bonchev–Trinajstić information content (AvgIpc) is 3.95. The number of halogens is 1. The number of nitrogens with two attached hydrogens (primary N) is 3. The predicted molar refractivity (Wildman–Crippen MR) is 251 cm³/mol. The fraction of sp³-hybridized carbons (Fsp3) is 0.558. The monoisotopic (exact) mass is 961 g/mol. The lowest BCUT2D eigenvalue weighted by molar-refractivity contribution is -0.142. The number of rotatable bonds is 14. The maximum atomic E-state index is 14.3. The van der Waals surface area contributed by atoms with Gasteiger partial charge in [0.25, 0.3) is 0 Å². The molecule has 2 aliphatic rings. The second-order valence-corrected chi connectivity index (χ2v) is 19.9. The highest BCUT2D eigenvalue weighted by molar-refractivity contribution is 7.99. The van der Waals surface area contributed by atoms with E-state index in [4.69, 9.17) is 28.8 Å². The zero-order chi connectivity index (χ0) is 46.8. The van der Waals surface area contributed by atoms with E-state index in [1.54, 1.807) is 38.1 Å². The number of nitrogens with one attached hydrogen (secondary N) is 4. The number of guanidine groups is 1. The van der Waals surface area contributed by atoms with Gasteiger partial charge in [-0.25, -0.2) is 0 Å². The first-order valence-corrected chi connectivity index (χ1v) is 24.9. The van der Waals surface area contributed by atoms with Crippen molar-refractivity contribution in [3.63, 3.8) is 0 Å². The number of thioether (sulfide) groups is 2. The molecule has 0 aliphatic carbocycles. The van der Waals surface area contributed by atoms with Crippen LogP contribution in [-0.4, -0.2) is 118 Å². The van der Waals surface area contributed by atoms with Crippen LogP contribution in [0.25, 0.3) is 0 Å². The molecule has 2 fully saturated rings. The Morgan fingerprint density at radius 1 is 0.891 bits per heavy atom. The summed E-state index contributed by atoms with van der Waals surface area (Å²) in [4.78, 5) is 116. The largest absolute Gasteiger partial charge is 0.370 e. The molecule has 6 amide bonds. The molecule has 21 heteroatoms. The highest BCUT2D eigenvalue weighted by Crippen LogP contribution is 2.27. The molecule has 0 radical (unpaired) electrons. The normalized spacial score (nSPS) is 23.4. The molecule has 1 aromatic heterocycles. The maximum absolute atomic E-state index is 14.3. The Labute approximate surface area is 391 Å². The molecular formula is C43H60ClN9O8S3. The molecule has 6 atom stereocenters. The van der Waals surface area contributed by atoms with Gasteiger partial charge >= 0.3 is 0 Å². The van der Waals surface area contributed by atoms with Crippen LogP contribution in [0.3, 0.4) is 0 Å². The molecule has 1 aromatic carbocycles. The lowest BCUT2D eigenvalue weighted by Crippen LogP contribution is -2.58. The van der Waals surface area contributed by atoms with Crippen LogP contribution in [0.5, 0.6) is 0 Å². The van der Waals surface area contributed by atoms with Crippen molar-refractivity contribution in [1.82, 2.24) is 26.2 Å². The summed E-state index contributed by atoms with van der Waals surface area (Å²) in [6.07, 6.45) is 1.01. The first-order chi connectivity index (χ1) is 30.5. The van der Waals surface area contributed by atoms with Crippen LogP contribution in [0.1, 0.15) is 69.2 Å². The van der Waals surface area contributed by atoms with Gasteiger partial charge in [-0.1, -0.05) is 43.6 Å². The zero-order valence-corrected chi connectivity index (χ0v) is 39.4. The molecule has 2 saturated heterocycles. The Morgan fingerprint density at radius 3 is 2.30 bits per heavy atom. The van der Waals surface area contributed by atoms with Crippen molar-refractivity contribution in [1.29, 1.82) is 0 Å². The smallest absolute Gasteiger partial charge is 0.243 e. The molecule has 2 aromatic rings. The van der Waals surface area contributed by atoms with Gasteiger partial charge in [-0.15, -0.1) is 23.1 Å². The number of primary amides is 1. The highest BCUT2D eigenvalue weighted by Gasteiger charge is 2.40. The average molecular weight is 963 g/mol. The first-order valence-electron chi connectivity index (χ1n) is 21.3. The van der Waals surface area contributed by atoms with E-state index < -0.39 is 83.7 Å². The van der Waals surface area contributed by atoms with Gasteiger partial charge in [-0.05, 0) is 66.5 Å². The van der Waals surface area contributed by atoms with Gasteiger partial charge < -0.3 is 43.4 Å². The Bertz CT molecular complexity index is 1970. The Balaban J connectivity index is 1.62. The second kappa shape index (κ2) is 26.3. The van der Waals surface area contributed by atoms with Crippen LogP contribution in [0, 0.1) is 17.8 Å². The van der Waals surface area contributed by atoms with Crippen LogP contribution < -0.4 is 38.5 Å². The van der Waals surface area contributed by atoms with Crippen molar-refractivity contribution in [2.75, 3.05) is 36.2 Å². The SMILES string of the molecule is CC(C)[C@@H]1NC(=O)[C@H](Cc2cccs2)NC(=O)[C@H](Cc2ccc(Cl)cc2)CC(=O)CCCSC[C@@H](C(=O)N2CSC[C@H]2C(=O)NCCCCN=C(N)N)CC(=O)[C@H](CC(N)=O)NC1=O. The molecule has 0 saturated carbocycles. The molecule has 3 heterocycles. The molecule has 0 spiro atoms. The van der Waals surface area contributed by atoms with E-state index in [0.717, 1.165) is 10.4 Å². The summed E-state index contributed by atoms with van der Waals surface area (Å²) in [5.41, 5.74) is 17.1. The molecule has 2 aliphatic heterocycles. The number of unbranched alkanes of at least 4 members (excludes halogenated alkanes) is 1. The Hall–Kier alpha value is -4.66. The molecular weight excluding hydrogens is 902 g/mol. The van der Waals surface area contributed by atoms with Crippen molar-refractivity contribution < 1.29 is 38.4 Å². The topological polar surface area (TPSA) is 278 Å². The van der Waals surface area contributed by atoms with Gasteiger partial charge in [0.05, 0.1) is 24.3 Å². The van der Waals surface area contributed by atoms with Crippen molar-refractivity contribution in [3.05, 3.63) is 57.2 Å². The minimum atomic E-state index is -1.44. The van der Waals surface area contributed by atoms with E-state index in [1.165, 1.54) is 39.8 Å². The number of hydrogen-bond donors (Lipinski definition) is 7. The summed E-state index contributed by atoms with van der Waals surface area (Å²) >= 11 is 10.3. The van der Waals surface area contributed by atoms with E-state index in [9.17, 15) is 38.4 Å². The molecule has 17 nitrogen and oxygen atoms in total. The van der Waals surface area contributed by atoms with Crippen molar-refractivity contribution in [3.8, 4) is 0 Å². The summed E-state index contributed by atoms with van der Waals surface area (Å²) in [5.74, 6) is -5.66. The van der Waals surface area contributed by atoms with Crippen LogP contribution in [0.4, 0.5) is 0 Å². The van der Waals surface area contributed by atoms with Crippen LogP contribution in [-0.2, 0) is 51.2 Å². The van der Waals surface area contributed by atoms with Gasteiger partial charge in [0, 0.05) is 66.1 Å². The number of ketones is 2. The highest BCUT2D eigenvalue weighted by atomic mass is 35.5. The number of carbonyl (C=O) groups excluding carboxylic acids is 8. The standard InChI is InChI=1S/C43H60ClN9O8S3/c1-25(2)37-41(60)50-32(21-36(45)56)35(55)19-28(42(61)53-24-63-23-34(53)40(59)48-13-3-4-14-49-43(46)47)22-62-15-5-7-30(54)18-27(17-26-9-11-29(44)12-10-26)38(57)51-33(39(58)52-37)20-31-8-6-16-64-31/h6,8-12,16,25,27-28,32-34,37H,3-5,7,13-15,17-24H2,1-2H3,(H2,45,56)(H,48,59)(H,50,60)(H,51,57)(H,52,58)(H4,46,47,49)/t27-,28+,32+,33+,34+,37+/m1/s1. The van der Waals surface area contributed by atoms with E-state index in [-0.39, 0.29) is 61.4 Å². The Kier molecular flexibility index (Phi) is 21.4. The van der Waals surface area contributed by atoms with Crippen molar-refractivity contribution in [2.45, 2.75) is 95.8 Å². The second-order valence-electron chi connectivity index (χ2n) is 16.3. The summed E-state index contributed by atoms with van der Waals surface area (Å²) in [5, 5.41) is 13.5. The van der Waals surface area contributed by atoms with Gasteiger partial charge in [-0.3, -0.25) is 43.3 Å². The maximum Gasteiger partial charge on any atom is 0.243 e. The number of thiophene rings is 1. The van der Waals surface area contributed by atoms with Crippen LogP contribution >= 0.6 is 46.5 Å². The summed E-state index contributed by atoms with van der Waals surface area (Å²) in [6.45, 7) is 4.13. The molecule has 4 rings (SSSR count). The first kappa shape index (κ1) is 52.0. The van der Waals surface area contributed by atoms with Gasteiger partial charge in [0.2, 0.25) is 35.4 Å². The molecule has 10 N–H and O–H groups in total. The number of hydrogen-bond acceptors (Lipinski definition) is 12. The molecule has 0 bridgehead atoms. The lowest BCUT2D eigenvalue weighted by atomic mass is 9.91. The fourth-order valence-electron chi connectivity index (χ4n) is 7.25. The molecule has 350 valence electrons. The van der Waals surface area contributed by atoms with Crippen molar-refractivity contribution in [2.24, 2.45) is 39.9 Å². The summed E-state index contributed by atoms with van der Waals surface area (Å²) in [7, 11) is 0. The minimum Gasteiger partial charge on any atom is -0.370 e. The van der Waals surface area contributed by atoms with E-state index in [0.29, 0.717) is 48.9 Å². The number of amides is 6. The van der Waals surface area contributed by atoms with Gasteiger partial charge in [0.15, 0.2) is 11.7 Å². The number of Topliss-reactive ketones (excluding diaryl/α,β-unsaturated/α-hetero) is 2. The lowest BCUT2D eigenvalue weighted by Gasteiger charge is -2.29. The predicted octanol–water partition coefficient (Wildman–Crippen LogP) is 1.92. The van der Waals surface area contributed by atoms with Crippen molar-refractivity contribution >= 4 is 99.4 Å². The molecule has 64 heavy (non-hydrogen) atoms. The van der Waals surface area contributed by atoms with E-state index in [2.05, 4.69) is 26.3 Å². The summed E-state index contributed by atoms with van der Waals surface area (Å²) < 4.78 is 0. The molecule has 0 unspecified atom stereocenters. The number of nitrogens with zero attached hydrogens (tertiary/aromatic N) is 2. The number of aliphatic imine (C=N–C) groups is 1. The third kappa shape index (κ3) is 17.0. The van der Waals surface area contributed by atoms with Gasteiger partial charge in [-0.2, -0.15) is 11.8 Å². The van der Waals surface area contributed by atoms with Gasteiger partial charge in [0.1, 0.15) is 23.9 Å². The zero-order valence-electron chi connectivity index (χ0n) is 36.2. The summed E-state index contributed by atoms with van der Waals surface area (Å²) in [6, 6.07) is 5.96. The van der Waals surface area contributed by atoms with Crippen LogP contribution in [0.2, 0.25) is 5.02 Å². The Morgan fingerprint density at radius 2 is 1.62 bits per heavy atom. The van der Waals surface area contributed by atoms with E-state index >= 15 is 0 Å². The third-order valence-corrected chi connectivity index (χ3v) is 14.1.